The molecule has 1 aromatic carbocycles. The molecule has 1 aromatic rings. The number of methoxy groups -OCH3 is 1. The highest BCUT2D eigenvalue weighted by Gasteiger charge is 2.39. The number of hydrogen-bond acceptors (Lipinski definition) is 5. The van der Waals surface area contributed by atoms with E-state index in [4.69, 9.17) is 4.74 Å². The number of esters is 2. The summed E-state index contributed by atoms with van der Waals surface area (Å²) >= 11 is 0. The fraction of sp³-hybridized carbons (Fsp3) is 0.389. The number of hydrogen-bond donors (Lipinski definition) is 0. The van der Waals surface area contributed by atoms with Crippen molar-refractivity contribution in [3.63, 3.8) is 0 Å². The summed E-state index contributed by atoms with van der Waals surface area (Å²) in [5, 5.41) is 0. The molecule has 0 fully saturated rings. The van der Waals surface area contributed by atoms with E-state index in [-0.39, 0.29) is 12.6 Å². The Kier molecular flexibility index (Phi) is 5.46. The van der Waals surface area contributed by atoms with Crippen LogP contribution in [0.4, 0.5) is 4.79 Å². The number of rotatable bonds is 4. The summed E-state index contributed by atoms with van der Waals surface area (Å²) in [5.74, 6) is -0.912. The van der Waals surface area contributed by atoms with Crippen LogP contribution in [0.1, 0.15) is 35.8 Å². The zero-order chi connectivity index (χ0) is 18.7. The lowest BCUT2D eigenvalue weighted by molar-refractivity contribution is -0.139. The Morgan fingerprint density at radius 3 is 2.24 bits per heavy atom. The maximum absolute atomic E-state index is 12.5. The fourth-order valence-electron chi connectivity index (χ4n) is 2.84. The lowest BCUT2D eigenvalue weighted by Gasteiger charge is -2.39. The van der Waals surface area contributed by atoms with Gasteiger partial charge in [0, 0.05) is 19.8 Å². The SMILES string of the molecule is CCOC(=O)C1=C(C)N(C)C(=O)N(C)[C@@H]1c1ccc(C(=O)OC)cc1. The number of likely N-dealkylation sites (N-methyl/N-ethyl adjacent to an activating group) is 1. The van der Waals surface area contributed by atoms with Gasteiger partial charge in [-0.05, 0) is 31.5 Å². The minimum atomic E-state index is -0.588. The minimum Gasteiger partial charge on any atom is -0.465 e. The number of benzene rings is 1. The summed E-state index contributed by atoms with van der Waals surface area (Å²) in [6, 6.07) is 5.81. The third-order valence-electron chi connectivity index (χ3n) is 4.29. The zero-order valence-electron chi connectivity index (χ0n) is 15.0. The molecule has 0 saturated carbocycles. The van der Waals surface area contributed by atoms with Crippen molar-refractivity contribution < 1.29 is 23.9 Å². The molecule has 7 heteroatoms. The van der Waals surface area contributed by atoms with Gasteiger partial charge in [0.25, 0.3) is 0 Å². The first-order valence-corrected chi connectivity index (χ1v) is 7.90. The highest BCUT2D eigenvalue weighted by Crippen LogP contribution is 2.36. The van der Waals surface area contributed by atoms with Gasteiger partial charge in [0.2, 0.25) is 0 Å². The van der Waals surface area contributed by atoms with E-state index in [9.17, 15) is 14.4 Å². The highest BCUT2D eigenvalue weighted by atomic mass is 16.5. The summed E-state index contributed by atoms with van der Waals surface area (Å²) in [6.07, 6.45) is 0. The van der Waals surface area contributed by atoms with Crippen LogP contribution in [0.5, 0.6) is 0 Å². The summed E-state index contributed by atoms with van der Waals surface area (Å²) in [5.41, 5.74) is 2.05. The van der Waals surface area contributed by atoms with Crippen molar-refractivity contribution >= 4 is 18.0 Å². The van der Waals surface area contributed by atoms with Crippen LogP contribution in [-0.2, 0) is 14.3 Å². The monoisotopic (exact) mass is 346 g/mol. The third kappa shape index (κ3) is 3.35. The van der Waals surface area contributed by atoms with Gasteiger partial charge in [-0.2, -0.15) is 0 Å². The van der Waals surface area contributed by atoms with Crippen molar-refractivity contribution in [2.24, 2.45) is 0 Å². The topological polar surface area (TPSA) is 76.2 Å². The Labute approximate surface area is 146 Å². The van der Waals surface area contributed by atoms with Gasteiger partial charge >= 0.3 is 18.0 Å². The molecule has 0 unspecified atom stereocenters. The van der Waals surface area contributed by atoms with Crippen LogP contribution in [0.2, 0.25) is 0 Å². The molecule has 1 atom stereocenters. The van der Waals surface area contributed by atoms with E-state index in [1.807, 2.05) is 0 Å². The second-order valence-electron chi connectivity index (χ2n) is 5.69. The van der Waals surface area contributed by atoms with Gasteiger partial charge in [0.05, 0.1) is 30.9 Å². The largest absolute Gasteiger partial charge is 0.465 e. The molecule has 0 N–H and O–H groups in total. The van der Waals surface area contributed by atoms with E-state index in [2.05, 4.69) is 4.74 Å². The quantitative estimate of drug-likeness (QED) is 0.782. The van der Waals surface area contributed by atoms with Crippen LogP contribution < -0.4 is 0 Å². The normalized spacial score (nSPS) is 17.6. The second kappa shape index (κ2) is 7.38. The van der Waals surface area contributed by atoms with Crippen LogP contribution in [0, 0.1) is 0 Å². The zero-order valence-corrected chi connectivity index (χ0v) is 15.0. The van der Waals surface area contributed by atoms with E-state index in [1.165, 1.54) is 16.9 Å². The maximum atomic E-state index is 12.5. The van der Waals surface area contributed by atoms with Crippen molar-refractivity contribution in [1.29, 1.82) is 0 Å². The third-order valence-corrected chi connectivity index (χ3v) is 4.29. The second-order valence-corrected chi connectivity index (χ2v) is 5.69. The fourth-order valence-corrected chi connectivity index (χ4v) is 2.84. The van der Waals surface area contributed by atoms with Crippen molar-refractivity contribution in [3.05, 3.63) is 46.7 Å². The molecular weight excluding hydrogens is 324 g/mol. The summed E-state index contributed by atoms with van der Waals surface area (Å²) in [4.78, 5) is 39.4. The maximum Gasteiger partial charge on any atom is 0.338 e. The molecule has 0 radical (unpaired) electrons. The predicted octanol–water partition coefficient (Wildman–Crippen LogP) is 2.35. The number of urea groups is 1. The van der Waals surface area contributed by atoms with Gasteiger partial charge in [-0.3, -0.25) is 0 Å². The van der Waals surface area contributed by atoms with Crippen LogP contribution in [0.25, 0.3) is 0 Å². The lowest BCUT2D eigenvalue weighted by Crippen LogP contribution is -2.47. The molecule has 0 aliphatic carbocycles. The Morgan fingerprint density at radius 1 is 1.12 bits per heavy atom. The lowest BCUT2D eigenvalue weighted by atomic mass is 9.93. The molecular formula is C18H22N2O5. The van der Waals surface area contributed by atoms with Crippen LogP contribution >= 0.6 is 0 Å². The number of allylic oxidation sites excluding steroid dienone is 1. The van der Waals surface area contributed by atoms with Crippen LogP contribution in [-0.4, -0.2) is 55.6 Å². The average molecular weight is 346 g/mol. The van der Waals surface area contributed by atoms with E-state index < -0.39 is 18.0 Å². The molecule has 7 nitrogen and oxygen atoms in total. The average Bonchev–Trinajstić information content (AvgIpc) is 2.62. The number of nitrogens with zero attached hydrogens (tertiary/aromatic N) is 2. The van der Waals surface area contributed by atoms with Crippen molar-refractivity contribution in [2.45, 2.75) is 19.9 Å². The van der Waals surface area contributed by atoms with Gasteiger partial charge in [-0.15, -0.1) is 0 Å². The molecule has 134 valence electrons. The minimum absolute atomic E-state index is 0.229. The first kappa shape index (κ1) is 18.5. The Balaban J connectivity index is 2.52. The van der Waals surface area contributed by atoms with Gasteiger partial charge in [-0.25, -0.2) is 14.4 Å². The molecule has 0 bridgehead atoms. The molecule has 0 spiro atoms. The summed E-state index contributed by atoms with van der Waals surface area (Å²) in [7, 11) is 4.55. The first-order valence-electron chi connectivity index (χ1n) is 7.90. The molecule has 1 aliphatic heterocycles. The molecule has 0 saturated heterocycles. The molecule has 1 heterocycles. The molecule has 25 heavy (non-hydrogen) atoms. The Bertz CT molecular complexity index is 723. The van der Waals surface area contributed by atoms with Crippen LogP contribution in [0.15, 0.2) is 35.5 Å². The van der Waals surface area contributed by atoms with E-state index in [1.54, 1.807) is 52.2 Å². The van der Waals surface area contributed by atoms with Crippen molar-refractivity contribution in [1.82, 2.24) is 9.80 Å². The highest BCUT2D eigenvalue weighted by molar-refractivity contribution is 5.95. The molecule has 1 aliphatic rings. The smallest absolute Gasteiger partial charge is 0.338 e. The Morgan fingerprint density at radius 2 is 1.72 bits per heavy atom. The van der Waals surface area contributed by atoms with Crippen molar-refractivity contribution in [3.8, 4) is 0 Å². The molecule has 2 amide bonds. The van der Waals surface area contributed by atoms with Gasteiger partial charge in [-0.1, -0.05) is 12.1 Å². The van der Waals surface area contributed by atoms with E-state index >= 15 is 0 Å². The number of carbonyl (C=O) groups is 3. The summed E-state index contributed by atoms with van der Waals surface area (Å²) in [6.45, 7) is 3.69. The van der Waals surface area contributed by atoms with Gasteiger partial charge in [0.1, 0.15) is 0 Å². The van der Waals surface area contributed by atoms with Gasteiger partial charge in [0.15, 0.2) is 0 Å². The standard InChI is InChI=1S/C18H22N2O5/c1-6-25-17(22)14-11(2)19(3)18(23)20(4)15(14)12-7-9-13(10-8-12)16(21)24-5/h7-10,15H,6H2,1-5H3/t15-/m1/s1. The van der Waals surface area contributed by atoms with E-state index in [0.717, 1.165) is 0 Å². The first-order chi connectivity index (χ1) is 11.8. The van der Waals surface area contributed by atoms with Crippen LogP contribution in [0.3, 0.4) is 0 Å². The predicted molar refractivity (Wildman–Crippen MR) is 90.8 cm³/mol. The van der Waals surface area contributed by atoms with E-state index in [0.29, 0.717) is 22.4 Å². The molecule has 0 aromatic heterocycles. The van der Waals surface area contributed by atoms with Gasteiger partial charge < -0.3 is 19.3 Å². The number of amides is 2. The Hall–Kier alpha value is -2.83. The van der Waals surface area contributed by atoms with Crippen molar-refractivity contribution in [2.75, 3.05) is 27.8 Å². The summed E-state index contributed by atoms with van der Waals surface area (Å²) < 4.78 is 9.87. The molecule has 2 rings (SSSR count). The number of ether oxygens (including phenoxy) is 2. The number of carbonyl (C=O) groups excluding carboxylic acids is 3.